The Labute approximate surface area is 138 Å². The van der Waals surface area contributed by atoms with Crippen molar-refractivity contribution < 1.29 is 23.8 Å². The van der Waals surface area contributed by atoms with Gasteiger partial charge in [-0.05, 0) is 42.0 Å². The largest absolute Gasteiger partial charge is 0.482 e. The zero-order valence-electron chi connectivity index (χ0n) is 12.5. The molecule has 0 spiro atoms. The number of rotatable bonds is 6. The van der Waals surface area contributed by atoms with Crippen LogP contribution in [0.2, 0.25) is 5.02 Å². The van der Waals surface area contributed by atoms with Gasteiger partial charge in [-0.3, -0.25) is 0 Å². The maximum atomic E-state index is 11.6. The molecule has 0 unspecified atom stereocenters. The number of benzene rings is 2. The second-order valence-corrected chi connectivity index (χ2v) is 5.03. The number of halogens is 1. The van der Waals surface area contributed by atoms with Gasteiger partial charge in [0.05, 0.1) is 12.7 Å². The van der Waals surface area contributed by atoms with Crippen molar-refractivity contribution >= 4 is 23.5 Å². The second-order valence-electron chi connectivity index (χ2n) is 4.59. The van der Waals surface area contributed by atoms with E-state index in [1.165, 1.54) is 7.11 Å². The van der Waals surface area contributed by atoms with Crippen LogP contribution in [-0.2, 0) is 20.9 Å². The van der Waals surface area contributed by atoms with Crippen LogP contribution in [-0.4, -0.2) is 25.7 Å². The fourth-order valence-electron chi connectivity index (χ4n) is 1.73. The lowest BCUT2D eigenvalue weighted by molar-refractivity contribution is -0.147. The van der Waals surface area contributed by atoms with Crippen LogP contribution in [0, 0.1) is 0 Å². The summed E-state index contributed by atoms with van der Waals surface area (Å²) in [4.78, 5) is 22.9. The summed E-state index contributed by atoms with van der Waals surface area (Å²) in [6.45, 7) is -0.0911. The van der Waals surface area contributed by atoms with Crippen LogP contribution in [0.4, 0.5) is 0 Å². The fourth-order valence-corrected chi connectivity index (χ4v) is 1.86. The van der Waals surface area contributed by atoms with E-state index in [0.717, 1.165) is 5.56 Å². The summed E-state index contributed by atoms with van der Waals surface area (Å²) in [6.07, 6.45) is 0. The van der Waals surface area contributed by atoms with Gasteiger partial charge in [0, 0.05) is 5.02 Å². The molecule has 0 atom stereocenters. The molecule has 120 valence electrons. The minimum atomic E-state index is -0.489. The van der Waals surface area contributed by atoms with E-state index in [0.29, 0.717) is 16.3 Å². The zero-order chi connectivity index (χ0) is 16.7. The monoisotopic (exact) mass is 334 g/mol. The summed E-state index contributed by atoms with van der Waals surface area (Å²) < 4.78 is 15.0. The summed E-state index contributed by atoms with van der Waals surface area (Å²) in [5, 5.41) is 0.593. The van der Waals surface area contributed by atoms with Gasteiger partial charge in [0.15, 0.2) is 6.61 Å². The van der Waals surface area contributed by atoms with Gasteiger partial charge < -0.3 is 14.2 Å². The Morgan fingerprint density at radius 1 is 1.00 bits per heavy atom. The van der Waals surface area contributed by atoms with E-state index in [4.69, 9.17) is 21.1 Å². The lowest BCUT2D eigenvalue weighted by atomic mass is 10.1. The molecule has 6 heteroatoms. The summed E-state index contributed by atoms with van der Waals surface area (Å²) in [5.74, 6) is -0.365. The number of carbonyl (C=O) groups is 2. The first kappa shape index (κ1) is 16.8. The lowest BCUT2D eigenvalue weighted by Crippen LogP contribution is -2.14. The molecule has 0 aliphatic carbocycles. The van der Waals surface area contributed by atoms with Gasteiger partial charge in [0.25, 0.3) is 0 Å². The molecular weight excluding hydrogens is 320 g/mol. The Bertz CT molecular complexity index is 664. The highest BCUT2D eigenvalue weighted by atomic mass is 35.5. The summed E-state index contributed by atoms with van der Waals surface area (Å²) >= 11 is 5.76. The van der Waals surface area contributed by atoms with Crippen molar-refractivity contribution in [1.29, 1.82) is 0 Å². The average molecular weight is 335 g/mol. The van der Waals surface area contributed by atoms with E-state index in [2.05, 4.69) is 4.74 Å². The van der Waals surface area contributed by atoms with Gasteiger partial charge in [-0.15, -0.1) is 0 Å². The van der Waals surface area contributed by atoms with E-state index >= 15 is 0 Å². The van der Waals surface area contributed by atoms with Gasteiger partial charge >= 0.3 is 11.9 Å². The smallest absolute Gasteiger partial charge is 0.344 e. The van der Waals surface area contributed by atoms with E-state index in [-0.39, 0.29) is 13.2 Å². The maximum absolute atomic E-state index is 11.6. The molecule has 0 bridgehead atoms. The first-order valence-corrected chi connectivity index (χ1v) is 7.17. The van der Waals surface area contributed by atoms with Gasteiger partial charge in [0.2, 0.25) is 0 Å². The summed E-state index contributed by atoms with van der Waals surface area (Å²) in [6, 6.07) is 13.3. The van der Waals surface area contributed by atoms with E-state index in [1.54, 1.807) is 48.5 Å². The van der Waals surface area contributed by atoms with Gasteiger partial charge in [-0.2, -0.15) is 0 Å². The molecule has 0 heterocycles. The predicted molar refractivity (Wildman–Crippen MR) is 84.5 cm³/mol. The Kier molecular flexibility index (Phi) is 6.00. The highest BCUT2D eigenvalue weighted by Crippen LogP contribution is 2.15. The van der Waals surface area contributed by atoms with Gasteiger partial charge in [-0.1, -0.05) is 23.7 Å². The number of hydrogen-bond acceptors (Lipinski definition) is 5. The fraction of sp³-hybridized carbons (Fsp3) is 0.176. The first-order valence-electron chi connectivity index (χ1n) is 6.80. The number of esters is 2. The van der Waals surface area contributed by atoms with Crippen molar-refractivity contribution in [2.75, 3.05) is 13.7 Å². The summed E-state index contributed by atoms with van der Waals surface area (Å²) in [5.41, 5.74) is 1.20. The standard InChI is InChI=1S/C17H15ClO5/c1-21-17(20)13-4-2-12(3-5-13)10-23-16(19)11-22-15-8-6-14(18)7-9-15/h2-9H,10-11H2,1H3. The first-order chi connectivity index (χ1) is 11.1. The number of hydrogen-bond donors (Lipinski definition) is 0. The Morgan fingerprint density at radius 2 is 1.65 bits per heavy atom. The number of ether oxygens (including phenoxy) is 3. The third-order valence-electron chi connectivity index (χ3n) is 2.95. The van der Waals surface area contributed by atoms with Crippen LogP contribution in [0.3, 0.4) is 0 Å². The molecule has 0 aliphatic rings. The quantitative estimate of drug-likeness (QED) is 0.759. The van der Waals surface area contributed by atoms with Crippen LogP contribution in [0.5, 0.6) is 5.75 Å². The van der Waals surface area contributed by atoms with Crippen LogP contribution in [0.15, 0.2) is 48.5 Å². The van der Waals surface area contributed by atoms with Crippen LogP contribution < -0.4 is 4.74 Å². The lowest BCUT2D eigenvalue weighted by Gasteiger charge is -2.07. The Morgan fingerprint density at radius 3 is 2.26 bits per heavy atom. The van der Waals surface area contributed by atoms with Crippen LogP contribution in [0.25, 0.3) is 0 Å². The molecule has 0 amide bonds. The minimum Gasteiger partial charge on any atom is -0.482 e. The van der Waals surface area contributed by atoms with E-state index in [9.17, 15) is 9.59 Å². The predicted octanol–water partition coefficient (Wildman–Crippen LogP) is 3.25. The Balaban J connectivity index is 1.77. The number of methoxy groups -OCH3 is 1. The number of carbonyl (C=O) groups excluding carboxylic acids is 2. The van der Waals surface area contributed by atoms with Crippen molar-refractivity contribution in [3.63, 3.8) is 0 Å². The topological polar surface area (TPSA) is 61.8 Å². The highest BCUT2D eigenvalue weighted by molar-refractivity contribution is 6.30. The third kappa shape index (κ3) is 5.30. The average Bonchev–Trinajstić information content (AvgIpc) is 2.59. The molecule has 0 saturated heterocycles. The van der Waals surface area contributed by atoms with Gasteiger partial charge in [-0.25, -0.2) is 9.59 Å². The molecule has 2 aromatic carbocycles. The van der Waals surface area contributed by atoms with Crippen molar-refractivity contribution in [3.8, 4) is 5.75 Å². The van der Waals surface area contributed by atoms with E-state index in [1.807, 2.05) is 0 Å². The van der Waals surface area contributed by atoms with E-state index < -0.39 is 11.9 Å². The molecule has 0 aromatic heterocycles. The molecule has 0 aliphatic heterocycles. The molecule has 23 heavy (non-hydrogen) atoms. The molecule has 2 aromatic rings. The zero-order valence-corrected chi connectivity index (χ0v) is 13.2. The maximum Gasteiger partial charge on any atom is 0.344 e. The van der Waals surface area contributed by atoms with Crippen molar-refractivity contribution in [2.45, 2.75) is 6.61 Å². The molecule has 0 N–H and O–H groups in total. The molecule has 0 fully saturated rings. The molecule has 0 radical (unpaired) electrons. The molecule has 5 nitrogen and oxygen atoms in total. The van der Waals surface area contributed by atoms with Crippen molar-refractivity contribution in [1.82, 2.24) is 0 Å². The molecule has 2 rings (SSSR count). The second kappa shape index (κ2) is 8.19. The third-order valence-corrected chi connectivity index (χ3v) is 3.20. The SMILES string of the molecule is COC(=O)c1ccc(COC(=O)COc2ccc(Cl)cc2)cc1. The highest BCUT2D eigenvalue weighted by Gasteiger charge is 2.07. The van der Waals surface area contributed by atoms with Crippen molar-refractivity contribution in [3.05, 3.63) is 64.7 Å². The Hall–Kier alpha value is -2.53. The van der Waals surface area contributed by atoms with Crippen LogP contribution in [0.1, 0.15) is 15.9 Å². The normalized spacial score (nSPS) is 10.0. The van der Waals surface area contributed by atoms with Crippen molar-refractivity contribution in [2.24, 2.45) is 0 Å². The molecular formula is C17H15ClO5. The van der Waals surface area contributed by atoms with Crippen LogP contribution >= 0.6 is 11.6 Å². The van der Waals surface area contributed by atoms with Gasteiger partial charge in [0.1, 0.15) is 12.4 Å². The summed E-state index contributed by atoms with van der Waals surface area (Å²) in [7, 11) is 1.32. The molecule has 0 saturated carbocycles. The minimum absolute atomic E-state index is 0.101.